The van der Waals surface area contributed by atoms with Crippen molar-refractivity contribution < 1.29 is 13.2 Å². The SMILES string of the molecule is FC(F)(F)c1ccc2c(Br)c(C3CC3)[nH]c2n1. The summed E-state index contributed by atoms with van der Waals surface area (Å²) in [6.45, 7) is 0. The Balaban J connectivity index is 2.17. The predicted molar refractivity (Wildman–Crippen MR) is 60.8 cm³/mol. The van der Waals surface area contributed by atoms with Gasteiger partial charge in [0, 0.05) is 21.5 Å². The number of H-pyrrole nitrogens is 1. The van der Waals surface area contributed by atoms with Gasteiger partial charge in [0.1, 0.15) is 11.3 Å². The fraction of sp³-hybridized carbons (Fsp3) is 0.364. The molecule has 1 fully saturated rings. The highest BCUT2D eigenvalue weighted by molar-refractivity contribution is 9.10. The highest BCUT2D eigenvalue weighted by Crippen LogP contribution is 2.45. The predicted octanol–water partition coefficient (Wildman–Crippen LogP) is 4.22. The number of pyridine rings is 1. The van der Waals surface area contributed by atoms with Crippen molar-refractivity contribution in [3.63, 3.8) is 0 Å². The van der Waals surface area contributed by atoms with Crippen LogP contribution in [0.5, 0.6) is 0 Å². The molecule has 0 atom stereocenters. The summed E-state index contributed by atoms with van der Waals surface area (Å²) in [7, 11) is 0. The van der Waals surface area contributed by atoms with Gasteiger partial charge in [-0.05, 0) is 40.9 Å². The summed E-state index contributed by atoms with van der Waals surface area (Å²) in [6.07, 6.45) is -2.24. The summed E-state index contributed by atoms with van der Waals surface area (Å²) in [5.74, 6) is 0.438. The second-order valence-electron chi connectivity index (χ2n) is 4.22. The molecule has 90 valence electrons. The zero-order chi connectivity index (χ0) is 12.2. The van der Waals surface area contributed by atoms with E-state index in [-0.39, 0.29) is 0 Å². The highest BCUT2D eigenvalue weighted by atomic mass is 79.9. The highest BCUT2D eigenvalue weighted by Gasteiger charge is 2.34. The largest absolute Gasteiger partial charge is 0.433 e. The monoisotopic (exact) mass is 304 g/mol. The van der Waals surface area contributed by atoms with E-state index in [0.717, 1.165) is 29.1 Å². The van der Waals surface area contributed by atoms with E-state index in [4.69, 9.17) is 0 Å². The number of hydrogen-bond donors (Lipinski definition) is 1. The van der Waals surface area contributed by atoms with E-state index in [1.165, 1.54) is 6.07 Å². The number of hydrogen-bond acceptors (Lipinski definition) is 1. The van der Waals surface area contributed by atoms with Crippen LogP contribution in [0, 0.1) is 0 Å². The molecule has 0 amide bonds. The van der Waals surface area contributed by atoms with E-state index >= 15 is 0 Å². The summed E-state index contributed by atoms with van der Waals surface area (Å²) < 4.78 is 38.4. The first-order chi connectivity index (χ1) is 7.97. The first-order valence-electron chi connectivity index (χ1n) is 5.22. The van der Waals surface area contributed by atoms with Crippen LogP contribution in [0.2, 0.25) is 0 Å². The van der Waals surface area contributed by atoms with E-state index in [2.05, 4.69) is 25.9 Å². The van der Waals surface area contributed by atoms with Gasteiger partial charge in [-0.15, -0.1) is 0 Å². The van der Waals surface area contributed by atoms with Crippen molar-refractivity contribution in [2.75, 3.05) is 0 Å². The molecule has 3 rings (SSSR count). The summed E-state index contributed by atoms with van der Waals surface area (Å²) in [5, 5.41) is 0.708. The maximum absolute atomic E-state index is 12.5. The molecule has 0 unspecified atom stereocenters. The molecule has 1 saturated carbocycles. The van der Waals surface area contributed by atoms with E-state index < -0.39 is 11.9 Å². The summed E-state index contributed by atoms with van der Waals surface area (Å²) in [5.41, 5.74) is 0.404. The van der Waals surface area contributed by atoms with Crippen LogP contribution in [-0.4, -0.2) is 9.97 Å². The van der Waals surface area contributed by atoms with Crippen LogP contribution in [0.3, 0.4) is 0 Å². The number of halogens is 4. The van der Waals surface area contributed by atoms with E-state index in [1.54, 1.807) is 0 Å². The fourth-order valence-corrected chi connectivity index (χ4v) is 2.61. The van der Waals surface area contributed by atoms with Crippen LogP contribution in [0.1, 0.15) is 30.1 Å². The van der Waals surface area contributed by atoms with Crippen molar-refractivity contribution in [1.29, 1.82) is 0 Å². The number of aromatic amines is 1. The third kappa shape index (κ3) is 1.84. The molecular formula is C11H8BrF3N2. The van der Waals surface area contributed by atoms with Crippen LogP contribution < -0.4 is 0 Å². The van der Waals surface area contributed by atoms with Gasteiger partial charge in [-0.2, -0.15) is 13.2 Å². The first-order valence-corrected chi connectivity index (χ1v) is 6.01. The smallest absolute Gasteiger partial charge is 0.342 e. The molecule has 2 aromatic rings. The fourth-order valence-electron chi connectivity index (χ4n) is 1.87. The van der Waals surface area contributed by atoms with Crippen molar-refractivity contribution in [3.05, 3.63) is 28.0 Å². The number of nitrogens with one attached hydrogen (secondary N) is 1. The Labute approximate surface area is 103 Å². The molecule has 0 aromatic carbocycles. The van der Waals surface area contributed by atoms with Gasteiger partial charge in [0.2, 0.25) is 0 Å². The lowest BCUT2D eigenvalue weighted by Gasteiger charge is -2.04. The maximum Gasteiger partial charge on any atom is 0.433 e. The normalized spacial score (nSPS) is 16.7. The molecule has 0 bridgehead atoms. The van der Waals surface area contributed by atoms with Gasteiger partial charge in [-0.1, -0.05) is 0 Å². The van der Waals surface area contributed by atoms with Gasteiger partial charge < -0.3 is 4.98 Å². The van der Waals surface area contributed by atoms with E-state index in [1.807, 2.05) is 0 Å². The maximum atomic E-state index is 12.5. The molecule has 0 radical (unpaired) electrons. The Morgan fingerprint density at radius 3 is 2.59 bits per heavy atom. The molecule has 6 heteroatoms. The summed E-state index contributed by atoms with van der Waals surface area (Å²) in [4.78, 5) is 6.61. The number of fused-ring (bicyclic) bond motifs is 1. The topological polar surface area (TPSA) is 28.7 Å². The minimum absolute atomic E-state index is 0.300. The Morgan fingerprint density at radius 2 is 2.00 bits per heavy atom. The zero-order valence-corrected chi connectivity index (χ0v) is 10.2. The Morgan fingerprint density at radius 1 is 1.29 bits per heavy atom. The van der Waals surface area contributed by atoms with Gasteiger partial charge >= 0.3 is 6.18 Å². The van der Waals surface area contributed by atoms with Gasteiger partial charge in [0.05, 0.1) is 0 Å². The Hall–Kier alpha value is -1.04. The van der Waals surface area contributed by atoms with Crippen molar-refractivity contribution in [2.45, 2.75) is 24.9 Å². The molecule has 0 saturated heterocycles. The average Bonchev–Trinajstić information content (AvgIpc) is 3.03. The second-order valence-corrected chi connectivity index (χ2v) is 5.01. The molecule has 0 aliphatic heterocycles. The van der Waals surface area contributed by atoms with Gasteiger partial charge in [0.25, 0.3) is 0 Å². The van der Waals surface area contributed by atoms with Crippen LogP contribution in [-0.2, 0) is 6.18 Å². The van der Waals surface area contributed by atoms with Crippen molar-refractivity contribution >= 4 is 27.0 Å². The number of nitrogens with zero attached hydrogens (tertiary/aromatic N) is 1. The minimum Gasteiger partial charge on any atom is -0.342 e. The van der Waals surface area contributed by atoms with Crippen LogP contribution >= 0.6 is 15.9 Å². The van der Waals surface area contributed by atoms with E-state index in [9.17, 15) is 13.2 Å². The quantitative estimate of drug-likeness (QED) is 0.839. The molecular weight excluding hydrogens is 297 g/mol. The molecule has 1 aliphatic carbocycles. The van der Waals surface area contributed by atoms with Gasteiger partial charge in [-0.25, -0.2) is 4.98 Å². The molecule has 0 spiro atoms. The Bertz CT molecular complexity index is 584. The molecule has 1 N–H and O–H groups in total. The van der Waals surface area contributed by atoms with Crippen molar-refractivity contribution in [2.24, 2.45) is 0 Å². The van der Waals surface area contributed by atoms with Crippen LogP contribution in [0.4, 0.5) is 13.2 Å². The number of alkyl halides is 3. The molecule has 2 aromatic heterocycles. The zero-order valence-electron chi connectivity index (χ0n) is 8.61. The third-order valence-corrected chi connectivity index (χ3v) is 3.75. The molecule has 2 nitrogen and oxygen atoms in total. The first kappa shape index (κ1) is 11.1. The van der Waals surface area contributed by atoms with Crippen LogP contribution in [0.25, 0.3) is 11.0 Å². The minimum atomic E-state index is -4.40. The van der Waals surface area contributed by atoms with Crippen molar-refractivity contribution in [1.82, 2.24) is 9.97 Å². The third-order valence-electron chi connectivity index (χ3n) is 2.90. The lowest BCUT2D eigenvalue weighted by molar-refractivity contribution is -0.141. The second kappa shape index (κ2) is 3.48. The summed E-state index contributed by atoms with van der Waals surface area (Å²) in [6, 6.07) is 2.47. The van der Waals surface area contributed by atoms with E-state index in [0.29, 0.717) is 17.0 Å². The van der Waals surface area contributed by atoms with Crippen molar-refractivity contribution in [3.8, 4) is 0 Å². The van der Waals surface area contributed by atoms with Gasteiger partial charge in [0.15, 0.2) is 0 Å². The number of aromatic nitrogens is 2. The van der Waals surface area contributed by atoms with Gasteiger partial charge in [-0.3, -0.25) is 0 Å². The Kier molecular flexibility index (Phi) is 2.26. The number of rotatable bonds is 1. The molecule has 1 aliphatic rings. The molecule has 17 heavy (non-hydrogen) atoms. The lowest BCUT2D eigenvalue weighted by atomic mass is 10.2. The molecule has 2 heterocycles. The summed E-state index contributed by atoms with van der Waals surface area (Å²) >= 11 is 3.41. The standard InChI is InChI=1S/C11H8BrF3N2/c12-8-6-3-4-7(11(13,14)15)16-10(6)17-9(8)5-1-2-5/h3-5H,1-2H2,(H,16,17). The lowest BCUT2D eigenvalue weighted by Crippen LogP contribution is -2.07. The average molecular weight is 305 g/mol. The van der Waals surface area contributed by atoms with Crippen LogP contribution in [0.15, 0.2) is 16.6 Å².